The molecule has 0 heterocycles. The van der Waals surface area contributed by atoms with Gasteiger partial charge in [0.25, 0.3) is 0 Å². The third kappa shape index (κ3) is 3.40. The molecule has 0 saturated carbocycles. The van der Waals surface area contributed by atoms with Crippen LogP contribution in [0.2, 0.25) is 0 Å². The van der Waals surface area contributed by atoms with Crippen molar-refractivity contribution in [3.63, 3.8) is 0 Å². The SMILES string of the molecule is COCCCC(N)C(=O)c1ccccc1F. The zero-order chi connectivity index (χ0) is 12.0. The van der Waals surface area contributed by atoms with Gasteiger partial charge in [-0.05, 0) is 25.0 Å². The second kappa shape index (κ2) is 6.35. The molecule has 0 aliphatic carbocycles. The summed E-state index contributed by atoms with van der Waals surface area (Å²) in [5.41, 5.74) is 5.75. The molecule has 0 aliphatic rings. The Labute approximate surface area is 94.4 Å². The first kappa shape index (κ1) is 12.8. The fourth-order valence-electron chi connectivity index (χ4n) is 1.44. The molecule has 2 N–H and O–H groups in total. The van der Waals surface area contributed by atoms with Crippen LogP contribution in [0.4, 0.5) is 4.39 Å². The third-order valence-corrected chi connectivity index (χ3v) is 2.34. The Balaban J connectivity index is 2.60. The third-order valence-electron chi connectivity index (χ3n) is 2.34. The molecule has 3 nitrogen and oxygen atoms in total. The summed E-state index contributed by atoms with van der Waals surface area (Å²) in [6.45, 7) is 0.554. The van der Waals surface area contributed by atoms with Crippen molar-refractivity contribution in [2.45, 2.75) is 18.9 Å². The molecule has 0 amide bonds. The molecule has 0 bridgehead atoms. The number of ketones is 1. The lowest BCUT2D eigenvalue weighted by atomic mass is 10.0. The zero-order valence-corrected chi connectivity index (χ0v) is 9.28. The van der Waals surface area contributed by atoms with Crippen LogP contribution in [0.1, 0.15) is 23.2 Å². The van der Waals surface area contributed by atoms with E-state index in [0.29, 0.717) is 19.4 Å². The van der Waals surface area contributed by atoms with Crippen molar-refractivity contribution in [1.82, 2.24) is 0 Å². The lowest BCUT2D eigenvalue weighted by Gasteiger charge is -2.10. The monoisotopic (exact) mass is 225 g/mol. The Kier molecular flexibility index (Phi) is 5.08. The highest BCUT2D eigenvalue weighted by Gasteiger charge is 2.18. The Morgan fingerprint density at radius 2 is 2.19 bits per heavy atom. The summed E-state index contributed by atoms with van der Waals surface area (Å²) in [5, 5.41) is 0. The Hall–Kier alpha value is -1.26. The van der Waals surface area contributed by atoms with Gasteiger partial charge < -0.3 is 10.5 Å². The normalized spacial score (nSPS) is 12.4. The van der Waals surface area contributed by atoms with E-state index in [0.717, 1.165) is 0 Å². The highest BCUT2D eigenvalue weighted by atomic mass is 19.1. The van der Waals surface area contributed by atoms with Crippen LogP contribution in [0, 0.1) is 5.82 Å². The molecule has 1 atom stereocenters. The number of carbonyl (C=O) groups is 1. The van der Waals surface area contributed by atoms with Crippen molar-refractivity contribution in [1.29, 1.82) is 0 Å². The van der Waals surface area contributed by atoms with Gasteiger partial charge in [0.2, 0.25) is 0 Å². The van der Waals surface area contributed by atoms with E-state index in [1.54, 1.807) is 19.2 Å². The number of hydrogen-bond donors (Lipinski definition) is 1. The number of ether oxygens (including phenoxy) is 1. The van der Waals surface area contributed by atoms with E-state index < -0.39 is 11.9 Å². The van der Waals surface area contributed by atoms with Crippen LogP contribution in [0.25, 0.3) is 0 Å². The number of carbonyl (C=O) groups excluding carboxylic acids is 1. The molecular formula is C12H16FNO2. The average molecular weight is 225 g/mol. The zero-order valence-electron chi connectivity index (χ0n) is 9.28. The maximum absolute atomic E-state index is 13.3. The fraction of sp³-hybridized carbons (Fsp3) is 0.417. The van der Waals surface area contributed by atoms with Crippen LogP contribution in [-0.2, 0) is 4.74 Å². The van der Waals surface area contributed by atoms with E-state index in [9.17, 15) is 9.18 Å². The van der Waals surface area contributed by atoms with Gasteiger partial charge in [-0.2, -0.15) is 0 Å². The molecule has 1 aromatic rings. The summed E-state index contributed by atoms with van der Waals surface area (Å²) < 4.78 is 18.1. The highest BCUT2D eigenvalue weighted by molar-refractivity contribution is 6.00. The van der Waals surface area contributed by atoms with E-state index >= 15 is 0 Å². The van der Waals surface area contributed by atoms with Crippen LogP contribution in [0.5, 0.6) is 0 Å². The van der Waals surface area contributed by atoms with Crippen molar-refractivity contribution in [2.75, 3.05) is 13.7 Å². The minimum Gasteiger partial charge on any atom is -0.385 e. The van der Waals surface area contributed by atoms with Crippen molar-refractivity contribution in [3.05, 3.63) is 35.6 Å². The molecule has 1 rings (SSSR count). The van der Waals surface area contributed by atoms with E-state index in [4.69, 9.17) is 10.5 Å². The van der Waals surface area contributed by atoms with Crippen LogP contribution >= 0.6 is 0 Å². The largest absolute Gasteiger partial charge is 0.385 e. The standard InChI is InChI=1S/C12H16FNO2/c1-16-8-4-7-11(14)12(15)9-5-2-3-6-10(9)13/h2-3,5-6,11H,4,7-8,14H2,1H3. The van der Waals surface area contributed by atoms with Gasteiger partial charge >= 0.3 is 0 Å². The molecule has 4 heteroatoms. The highest BCUT2D eigenvalue weighted by Crippen LogP contribution is 2.10. The molecule has 1 aromatic carbocycles. The molecule has 0 aromatic heterocycles. The van der Waals surface area contributed by atoms with Gasteiger partial charge in [0.1, 0.15) is 5.82 Å². The Bertz CT molecular complexity index is 355. The van der Waals surface area contributed by atoms with Gasteiger partial charge in [-0.15, -0.1) is 0 Å². The molecule has 16 heavy (non-hydrogen) atoms. The van der Waals surface area contributed by atoms with E-state index in [2.05, 4.69) is 0 Å². The molecule has 0 fully saturated rings. The predicted octanol–water partition coefficient (Wildman–Crippen LogP) is 1.76. The quantitative estimate of drug-likeness (QED) is 0.593. The number of rotatable bonds is 6. The van der Waals surface area contributed by atoms with Crippen LogP contribution < -0.4 is 5.73 Å². The van der Waals surface area contributed by atoms with E-state index in [1.807, 2.05) is 0 Å². The van der Waals surface area contributed by atoms with Gasteiger partial charge in [-0.3, -0.25) is 4.79 Å². The molecule has 1 unspecified atom stereocenters. The second-order valence-electron chi connectivity index (χ2n) is 3.59. The van der Waals surface area contributed by atoms with Crippen LogP contribution in [0.15, 0.2) is 24.3 Å². The number of hydrogen-bond acceptors (Lipinski definition) is 3. The number of halogens is 1. The first-order chi connectivity index (χ1) is 7.66. The van der Waals surface area contributed by atoms with Crippen LogP contribution in [-0.4, -0.2) is 25.5 Å². The smallest absolute Gasteiger partial charge is 0.182 e. The predicted molar refractivity (Wildman–Crippen MR) is 59.8 cm³/mol. The van der Waals surface area contributed by atoms with Gasteiger partial charge in [0.15, 0.2) is 5.78 Å². The maximum Gasteiger partial charge on any atom is 0.182 e. The minimum atomic E-state index is -0.660. The minimum absolute atomic E-state index is 0.0624. The molecule has 0 radical (unpaired) electrons. The topological polar surface area (TPSA) is 52.3 Å². The van der Waals surface area contributed by atoms with Gasteiger partial charge in [-0.25, -0.2) is 4.39 Å². The second-order valence-corrected chi connectivity index (χ2v) is 3.59. The van der Waals surface area contributed by atoms with Crippen molar-refractivity contribution < 1.29 is 13.9 Å². The van der Waals surface area contributed by atoms with Gasteiger partial charge in [0, 0.05) is 13.7 Å². The van der Waals surface area contributed by atoms with E-state index in [1.165, 1.54) is 12.1 Å². The summed E-state index contributed by atoms with van der Waals surface area (Å²) in [6, 6.07) is 5.22. The summed E-state index contributed by atoms with van der Waals surface area (Å²) in [6.07, 6.45) is 1.19. The molecule has 0 aliphatic heterocycles. The first-order valence-electron chi connectivity index (χ1n) is 5.20. The molecular weight excluding hydrogens is 209 g/mol. The van der Waals surface area contributed by atoms with Crippen LogP contribution in [0.3, 0.4) is 0 Å². The fourth-order valence-corrected chi connectivity index (χ4v) is 1.44. The lowest BCUT2D eigenvalue weighted by Crippen LogP contribution is -2.31. The molecule has 0 saturated heterocycles. The van der Waals surface area contributed by atoms with Crippen molar-refractivity contribution in [3.8, 4) is 0 Å². The summed E-state index contributed by atoms with van der Waals surface area (Å²) in [4.78, 5) is 11.8. The number of methoxy groups -OCH3 is 1. The average Bonchev–Trinajstić information content (AvgIpc) is 2.29. The molecule has 0 spiro atoms. The summed E-state index contributed by atoms with van der Waals surface area (Å²) in [7, 11) is 1.59. The first-order valence-corrected chi connectivity index (χ1v) is 5.20. The number of nitrogens with two attached hydrogens (primary N) is 1. The lowest BCUT2D eigenvalue weighted by molar-refractivity contribution is 0.0946. The van der Waals surface area contributed by atoms with Gasteiger partial charge in [-0.1, -0.05) is 12.1 Å². The Morgan fingerprint density at radius 3 is 2.81 bits per heavy atom. The van der Waals surface area contributed by atoms with Crippen molar-refractivity contribution in [2.24, 2.45) is 5.73 Å². The van der Waals surface area contributed by atoms with Crippen molar-refractivity contribution >= 4 is 5.78 Å². The number of Topliss-reactive ketones (excluding diaryl/α,β-unsaturated/α-hetero) is 1. The maximum atomic E-state index is 13.3. The summed E-state index contributed by atoms with van der Waals surface area (Å²) in [5.74, 6) is -0.871. The Morgan fingerprint density at radius 1 is 1.50 bits per heavy atom. The van der Waals surface area contributed by atoms with E-state index in [-0.39, 0.29) is 11.3 Å². The number of benzene rings is 1. The van der Waals surface area contributed by atoms with Gasteiger partial charge in [0.05, 0.1) is 11.6 Å². The summed E-state index contributed by atoms with van der Waals surface area (Å²) >= 11 is 0. The molecule has 88 valence electrons.